The second kappa shape index (κ2) is 7.72. The van der Waals surface area contributed by atoms with Crippen LogP contribution in [0.5, 0.6) is 0 Å². The van der Waals surface area contributed by atoms with Gasteiger partial charge in [-0.05, 0) is 48.9 Å². The number of anilines is 2. The molecule has 0 saturated carbocycles. The van der Waals surface area contributed by atoms with E-state index < -0.39 is 0 Å². The zero-order valence-electron chi connectivity index (χ0n) is 13.5. The number of carbonyl (C=O) groups is 1. The van der Waals surface area contributed by atoms with Crippen molar-refractivity contribution in [2.24, 2.45) is 0 Å². The molecule has 0 aliphatic rings. The summed E-state index contributed by atoms with van der Waals surface area (Å²) in [6.45, 7) is 2.33. The largest absolute Gasteiger partial charge is 0.366 e. The predicted molar refractivity (Wildman–Crippen MR) is 97.7 cm³/mol. The number of pyridine rings is 1. The summed E-state index contributed by atoms with van der Waals surface area (Å²) in [5.74, 6) is 0.798. The minimum Gasteiger partial charge on any atom is -0.366 e. The molecule has 0 atom stereocenters. The fourth-order valence-corrected chi connectivity index (χ4v) is 2.32. The van der Waals surface area contributed by atoms with Gasteiger partial charge in [0, 0.05) is 35.7 Å². The molecule has 0 aliphatic heterocycles. The summed E-state index contributed by atoms with van der Waals surface area (Å²) in [5, 5.41) is 6.59. The molecular weight excluding hydrogens is 338 g/mol. The molecule has 0 fully saturated rings. The lowest BCUT2D eigenvalue weighted by atomic mass is 10.2. The van der Waals surface area contributed by atoms with Crippen molar-refractivity contribution in [1.82, 2.24) is 15.0 Å². The van der Waals surface area contributed by atoms with Gasteiger partial charge in [-0.25, -0.2) is 9.97 Å². The molecule has 0 radical (unpaired) electrons. The van der Waals surface area contributed by atoms with E-state index >= 15 is 0 Å². The van der Waals surface area contributed by atoms with Crippen LogP contribution in [0.25, 0.3) is 0 Å². The molecule has 2 aromatic heterocycles. The second-order valence-electron chi connectivity index (χ2n) is 5.36. The molecule has 25 heavy (non-hydrogen) atoms. The maximum Gasteiger partial charge on any atom is 0.274 e. The normalized spacial score (nSPS) is 10.3. The first-order valence-electron chi connectivity index (χ1n) is 7.65. The number of amides is 1. The predicted octanol–water partition coefficient (Wildman–Crippen LogP) is 3.70. The third-order valence-electron chi connectivity index (χ3n) is 3.40. The summed E-state index contributed by atoms with van der Waals surface area (Å²) >= 11 is 5.85. The molecule has 2 N–H and O–H groups in total. The van der Waals surface area contributed by atoms with Crippen molar-refractivity contribution < 1.29 is 4.79 Å². The lowest BCUT2D eigenvalue weighted by Crippen LogP contribution is -2.15. The van der Waals surface area contributed by atoms with Crippen molar-refractivity contribution in [2.45, 2.75) is 13.5 Å². The van der Waals surface area contributed by atoms with Gasteiger partial charge in [0.15, 0.2) is 0 Å². The zero-order valence-corrected chi connectivity index (χ0v) is 14.3. The van der Waals surface area contributed by atoms with Crippen molar-refractivity contribution in [1.29, 1.82) is 0 Å². The Morgan fingerprint density at radius 3 is 2.52 bits per heavy atom. The average Bonchev–Trinajstić information content (AvgIpc) is 2.62. The number of nitrogens with zero attached hydrogens (tertiary/aromatic N) is 3. The minimum atomic E-state index is -0.306. The molecule has 0 saturated heterocycles. The van der Waals surface area contributed by atoms with Gasteiger partial charge in [0.05, 0.1) is 0 Å². The topological polar surface area (TPSA) is 79.8 Å². The number of hydrogen-bond donors (Lipinski definition) is 2. The van der Waals surface area contributed by atoms with Crippen molar-refractivity contribution in [3.05, 3.63) is 77.0 Å². The Balaban J connectivity index is 1.72. The van der Waals surface area contributed by atoms with Crippen molar-refractivity contribution in [3.63, 3.8) is 0 Å². The van der Waals surface area contributed by atoms with Crippen LogP contribution in [0.4, 0.5) is 11.5 Å². The highest BCUT2D eigenvalue weighted by Gasteiger charge is 2.11. The van der Waals surface area contributed by atoms with E-state index in [0.717, 1.165) is 5.56 Å². The number of aryl methyl sites for hydroxylation is 1. The van der Waals surface area contributed by atoms with Gasteiger partial charge in [-0.3, -0.25) is 9.78 Å². The van der Waals surface area contributed by atoms with E-state index in [1.165, 1.54) is 0 Å². The lowest BCUT2D eigenvalue weighted by Gasteiger charge is -2.09. The van der Waals surface area contributed by atoms with E-state index in [1.54, 1.807) is 49.6 Å². The minimum absolute atomic E-state index is 0.291. The molecule has 6 nitrogen and oxygen atoms in total. The van der Waals surface area contributed by atoms with E-state index in [-0.39, 0.29) is 5.91 Å². The van der Waals surface area contributed by atoms with Crippen molar-refractivity contribution in [2.75, 3.05) is 10.6 Å². The Morgan fingerprint density at radius 2 is 1.80 bits per heavy atom. The summed E-state index contributed by atoms with van der Waals surface area (Å²) in [4.78, 5) is 24.9. The Bertz CT molecular complexity index is 868. The van der Waals surface area contributed by atoms with Crippen molar-refractivity contribution in [3.8, 4) is 0 Å². The van der Waals surface area contributed by atoms with Gasteiger partial charge in [0.2, 0.25) is 0 Å². The maximum absolute atomic E-state index is 12.4. The molecule has 0 bridgehead atoms. The highest BCUT2D eigenvalue weighted by molar-refractivity contribution is 6.30. The summed E-state index contributed by atoms with van der Waals surface area (Å²) in [5.41, 5.74) is 2.01. The van der Waals surface area contributed by atoms with Crippen LogP contribution in [0.2, 0.25) is 5.02 Å². The van der Waals surface area contributed by atoms with Crippen LogP contribution in [-0.4, -0.2) is 20.9 Å². The van der Waals surface area contributed by atoms with Crippen LogP contribution in [0.1, 0.15) is 21.9 Å². The fraction of sp³-hybridized carbons (Fsp3) is 0.111. The Labute approximate surface area is 150 Å². The van der Waals surface area contributed by atoms with Crippen LogP contribution in [0, 0.1) is 6.92 Å². The molecule has 7 heteroatoms. The van der Waals surface area contributed by atoms with Crippen molar-refractivity contribution >= 4 is 29.0 Å². The molecule has 1 amide bonds. The lowest BCUT2D eigenvalue weighted by molar-refractivity contribution is 0.102. The number of benzene rings is 1. The number of aromatic nitrogens is 3. The van der Waals surface area contributed by atoms with E-state index in [1.807, 2.05) is 12.1 Å². The molecule has 0 aliphatic carbocycles. The SMILES string of the molecule is Cc1nc(NCc2ccncc2)cc(C(=O)Nc2ccc(Cl)cc2)n1. The first-order valence-corrected chi connectivity index (χ1v) is 8.03. The molecule has 2 heterocycles. The first kappa shape index (κ1) is 16.9. The van der Waals surface area contributed by atoms with Gasteiger partial charge >= 0.3 is 0 Å². The molecule has 3 rings (SSSR count). The third kappa shape index (κ3) is 4.74. The standard InChI is InChI=1S/C18H16ClN5O/c1-12-22-16(18(25)24-15-4-2-14(19)3-5-15)10-17(23-12)21-11-13-6-8-20-9-7-13/h2-10H,11H2,1H3,(H,24,25)(H,21,22,23). The third-order valence-corrected chi connectivity index (χ3v) is 3.65. The highest BCUT2D eigenvalue weighted by Crippen LogP contribution is 2.15. The molecular formula is C18H16ClN5O. The van der Waals surface area contributed by atoms with E-state index in [9.17, 15) is 4.79 Å². The average molecular weight is 354 g/mol. The molecule has 0 spiro atoms. The van der Waals surface area contributed by atoms with Crippen LogP contribution in [0.3, 0.4) is 0 Å². The number of carbonyl (C=O) groups excluding carboxylic acids is 1. The van der Waals surface area contributed by atoms with E-state index in [4.69, 9.17) is 11.6 Å². The van der Waals surface area contributed by atoms with Gasteiger partial charge < -0.3 is 10.6 Å². The second-order valence-corrected chi connectivity index (χ2v) is 5.79. The van der Waals surface area contributed by atoms with Crippen LogP contribution in [-0.2, 0) is 6.54 Å². The number of nitrogens with one attached hydrogen (secondary N) is 2. The molecule has 0 unspecified atom stereocenters. The summed E-state index contributed by atoms with van der Waals surface area (Å²) in [7, 11) is 0. The van der Waals surface area contributed by atoms with Gasteiger partial charge in [-0.1, -0.05) is 11.6 Å². The molecule has 126 valence electrons. The van der Waals surface area contributed by atoms with Gasteiger partial charge in [0.25, 0.3) is 5.91 Å². The van der Waals surface area contributed by atoms with Gasteiger partial charge in [-0.2, -0.15) is 0 Å². The summed E-state index contributed by atoms with van der Waals surface area (Å²) in [6, 6.07) is 12.3. The van der Waals surface area contributed by atoms with Crippen LogP contribution >= 0.6 is 11.6 Å². The summed E-state index contributed by atoms with van der Waals surface area (Å²) in [6.07, 6.45) is 3.46. The van der Waals surface area contributed by atoms with Crippen LogP contribution in [0.15, 0.2) is 54.9 Å². The van der Waals surface area contributed by atoms with Gasteiger partial charge in [-0.15, -0.1) is 0 Å². The first-order chi connectivity index (χ1) is 12.1. The Morgan fingerprint density at radius 1 is 1.08 bits per heavy atom. The quantitative estimate of drug-likeness (QED) is 0.731. The van der Waals surface area contributed by atoms with E-state index in [0.29, 0.717) is 34.6 Å². The number of halogens is 1. The van der Waals surface area contributed by atoms with Crippen LogP contribution < -0.4 is 10.6 Å². The monoisotopic (exact) mass is 353 g/mol. The Kier molecular flexibility index (Phi) is 5.20. The number of rotatable bonds is 5. The smallest absolute Gasteiger partial charge is 0.274 e. The summed E-state index contributed by atoms with van der Waals surface area (Å²) < 4.78 is 0. The zero-order chi connectivity index (χ0) is 17.6. The molecule has 3 aromatic rings. The molecule has 1 aromatic carbocycles. The Hall–Kier alpha value is -2.99. The maximum atomic E-state index is 12.4. The highest BCUT2D eigenvalue weighted by atomic mass is 35.5. The number of hydrogen-bond acceptors (Lipinski definition) is 5. The fourth-order valence-electron chi connectivity index (χ4n) is 2.20. The van der Waals surface area contributed by atoms with Gasteiger partial charge in [0.1, 0.15) is 17.3 Å². The van der Waals surface area contributed by atoms with E-state index in [2.05, 4.69) is 25.6 Å².